The van der Waals surface area contributed by atoms with E-state index in [1.54, 1.807) is 6.08 Å². The van der Waals surface area contributed by atoms with Crippen molar-refractivity contribution in [2.75, 3.05) is 7.11 Å². The zero-order chi connectivity index (χ0) is 19.4. The predicted molar refractivity (Wildman–Crippen MR) is 104 cm³/mol. The van der Waals surface area contributed by atoms with Gasteiger partial charge in [-0.1, -0.05) is 19.9 Å². The maximum Gasteiger partial charge on any atom is 0.330 e. The molecule has 4 aliphatic rings. The molecule has 4 rings (SSSR count). The quantitative estimate of drug-likeness (QED) is 0.567. The zero-order valence-electron chi connectivity index (χ0n) is 17.1. The van der Waals surface area contributed by atoms with E-state index in [0.29, 0.717) is 17.8 Å². The van der Waals surface area contributed by atoms with E-state index in [1.165, 1.54) is 7.11 Å². The molecule has 4 nitrogen and oxygen atoms in total. The van der Waals surface area contributed by atoms with Crippen LogP contribution < -0.4 is 0 Å². The summed E-state index contributed by atoms with van der Waals surface area (Å²) in [5.74, 6) is 1.44. The highest BCUT2D eigenvalue weighted by atomic mass is 16.5. The molecular formula is C23H36O4. The van der Waals surface area contributed by atoms with Gasteiger partial charge in [-0.25, -0.2) is 4.79 Å². The van der Waals surface area contributed by atoms with Crippen molar-refractivity contribution < 1.29 is 19.7 Å². The summed E-state index contributed by atoms with van der Waals surface area (Å²) in [5, 5.41) is 22.2. The van der Waals surface area contributed by atoms with Crippen LogP contribution in [0.15, 0.2) is 12.2 Å². The number of carbonyl (C=O) groups is 1. The first-order valence-electron chi connectivity index (χ1n) is 10.9. The van der Waals surface area contributed by atoms with Gasteiger partial charge in [0, 0.05) is 11.5 Å². The molecule has 0 aromatic rings. The van der Waals surface area contributed by atoms with Crippen LogP contribution in [0.5, 0.6) is 0 Å². The van der Waals surface area contributed by atoms with Crippen LogP contribution in [0.3, 0.4) is 0 Å². The van der Waals surface area contributed by atoms with E-state index in [2.05, 4.69) is 13.8 Å². The van der Waals surface area contributed by atoms with Crippen LogP contribution in [-0.2, 0) is 9.53 Å². The Kier molecular flexibility index (Phi) is 4.74. The van der Waals surface area contributed by atoms with E-state index in [9.17, 15) is 15.0 Å². The number of fused-ring (bicyclic) bond motifs is 5. The van der Waals surface area contributed by atoms with Crippen LogP contribution in [-0.4, -0.2) is 35.0 Å². The Labute approximate surface area is 163 Å². The first kappa shape index (κ1) is 19.4. The minimum absolute atomic E-state index is 0.129. The molecule has 2 N–H and O–H groups in total. The highest BCUT2D eigenvalue weighted by Gasteiger charge is 2.66. The molecule has 0 bridgehead atoms. The Morgan fingerprint density at radius 1 is 1.04 bits per heavy atom. The van der Waals surface area contributed by atoms with E-state index >= 15 is 0 Å². The van der Waals surface area contributed by atoms with Gasteiger partial charge in [0.25, 0.3) is 0 Å². The van der Waals surface area contributed by atoms with Crippen molar-refractivity contribution in [1.82, 2.24) is 0 Å². The van der Waals surface area contributed by atoms with E-state index in [0.717, 1.165) is 57.8 Å². The van der Waals surface area contributed by atoms with Crippen molar-refractivity contribution in [3.05, 3.63) is 12.2 Å². The van der Waals surface area contributed by atoms with Crippen LogP contribution in [0.1, 0.15) is 71.6 Å². The molecule has 4 saturated carbocycles. The molecule has 27 heavy (non-hydrogen) atoms. The lowest BCUT2D eigenvalue weighted by Crippen LogP contribution is -2.62. The number of allylic oxidation sites excluding steroid dienone is 1. The van der Waals surface area contributed by atoms with Gasteiger partial charge in [-0.3, -0.25) is 0 Å². The summed E-state index contributed by atoms with van der Waals surface area (Å²) in [5.41, 5.74) is -0.527. The smallest absolute Gasteiger partial charge is 0.330 e. The molecule has 0 heterocycles. The lowest BCUT2D eigenvalue weighted by molar-refractivity contribution is -0.207. The number of hydrogen-bond acceptors (Lipinski definition) is 4. The highest BCUT2D eigenvalue weighted by Crippen LogP contribution is 2.69. The van der Waals surface area contributed by atoms with Crippen LogP contribution in [0.25, 0.3) is 0 Å². The average Bonchev–Trinajstić information content (AvgIpc) is 2.91. The van der Waals surface area contributed by atoms with Crippen LogP contribution in [0.2, 0.25) is 0 Å². The van der Waals surface area contributed by atoms with Gasteiger partial charge in [-0.15, -0.1) is 0 Å². The molecule has 152 valence electrons. The summed E-state index contributed by atoms with van der Waals surface area (Å²) in [6.45, 7) is 4.69. The molecule has 0 aromatic carbocycles. The summed E-state index contributed by atoms with van der Waals surface area (Å²) < 4.78 is 4.76. The first-order chi connectivity index (χ1) is 12.7. The van der Waals surface area contributed by atoms with Gasteiger partial charge in [0.2, 0.25) is 0 Å². The van der Waals surface area contributed by atoms with E-state index in [1.807, 2.05) is 6.08 Å². The lowest BCUT2D eigenvalue weighted by Gasteiger charge is -2.63. The predicted octanol–water partition coefficient (Wildman–Crippen LogP) is 3.85. The topological polar surface area (TPSA) is 66.8 Å². The summed E-state index contributed by atoms with van der Waals surface area (Å²) in [6.07, 6.45) is 12.6. The van der Waals surface area contributed by atoms with Gasteiger partial charge in [-0.2, -0.15) is 0 Å². The number of rotatable bonds is 2. The van der Waals surface area contributed by atoms with E-state index in [4.69, 9.17) is 4.74 Å². The SMILES string of the molecule is COC(=O)/C=C/C1CCC2(O)C3CCC4CC(O)CCC4(C)C3CCC12C. The molecule has 0 aliphatic heterocycles. The Bertz CT molecular complexity index is 630. The second-order valence-electron chi connectivity index (χ2n) is 10.3. The van der Waals surface area contributed by atoms with E-state index in [-0.39, 0.29) is 28.8 Å². The Balaban J connectivity index is 1.60. The number of esters is 1. The van der Waals surface area contributed by atoms with Crippen LogP contribution in [0, 0.1) is 34.5 Å². The van der Waals surface area contributed by atoms with Gasteiger partial charge in [0.15, 0.2) is 0 Å². The van der Waals surface area contributed by atoms with Crippen molar-refractivity contribution >= 4 is 5.97 Å². The number of aliphatic hydroxyl groups excluding tert-OH is 1. The number of aliphatic hydroxyl groups is 2. The number of methoxy groups -OCH3 is 1. The molecule has 0 amide bonds. The monoisotopic (exact) mass is 376 g/mol. The molecule has 4 heteroatoms. The number of carbonyl (C=O) groups excluding carboxylic acids is 1. The molecule has 0 saturated heterocycles. The second-order valence-corrected chi connectivity index (χ2v) is 10.3. The Hall–Kier alpha value is -0.870. The van der Waals surface area contributed by atoms with Gasteiger partial charge in [0.05, 0.1) is 18.8 Å². The van der Waals surface area contributed by atoms with Crippen molar-refractivity contribution in [2.45, 2.75) is 83.3 Å². The van der Waals surface area contributed by atoms with Crippen molar-refractivity contribution in [2.24, 2.45) is 34.5 Å². The average molecular weight is 377 g/mol. The standard InChI is InChI=1S/C23H36O4/c1-21-11-9-17(24)14-16(21)4-6-19-18(21)10-12-22(2)15(5-7-20(25)27-3)8-13-23(19,22)26/h5,7,15-19,24,26H,4,6,8-14H2,1-3H3/b7-5+. The second kappa shape index (κ2) is 6.59. The molecule has 4 fully saturated rings. The fourth-order valence-corrected chi connectivity index (χ4v) is 7.82. The molecule has 8 atom stereocenters. The summed E-state index contributed by atoms with van der Waals surface area (Å²) in [6, 6.07) is 0. The van der Waals surface area contributed by atoms with Crippen molar-refractivity contribution in [3.63, 3.8) is 0 Å². The maximum absolute atomic E-state index is 12.0. The third kappa shape index (κ3) is 2.73. The molecule has 0 spiro atoms. The molecule has 4 aliphatic carbocycles. The fourth-order valence-electron chi connectivity index (χ4n) is 7.82. The third-order valence-corrected chi connectivity index (χ3v) is 9.56. The molecule has 0 radical (unpaired) electrons. The number of ether oxygens (including phenoxy) is 1. The first-order valence-corrected chi connectivity index (χ1v) is 10.9. The van der Waals surface area contributed by atoms with Crippen molar-refractivity contribution in [1.29, 1.82) is 0 Å². The van der Waals surface area contributed by atoms with Gasteiger partial charge in [0.1, 0.15) is 0 Å². The minimum atomic E-state index is -0.634. The summed E-state index contributed by atoms with van der Waals surface area (Å²) >= 11 is 0. The zero-order valence-corrected chi connectivity index (χ0v) is 17.1. The van der Waals surface area contributed by atoms with E-state index < -0.39 is 5.60 Å². The minimum Gasteiger partial charge on any atom is -0.466 e. The largest absolute Gasteiger partial charge is 0.466 e. The summed E-state index contributed by atoms with van der Waals surface area (Å²) in [7, 11) is 1.41. The lowest BCUT2D eigenvalue weighted by atomic mass is 9.43. The normalized spacial score (nSPS) is 52.1. The van der Waals surface area contributed by atoms with Crippen LogP contribution >= 0.6 is 0 Å². The van der Waals surface area contributed by atoms with Crippen LogP contribution in [0.4, 0.5) is 0 Å². The Morgan fingerprint density at radius 2 is 1.81 bits per heavy atom. The molecule has 8 unspecified atom stereocenters. The van der Waals surface area contributed by atoms with Crippen molar-refractivity contribution in [3.8, 4) is 0 Å². The Morgan fingerprint density at radius 3 is 2.56 bits per heavy atom. The third-order valence-electron chi connectivity index (χ3n) is 9.56. The summed E-state index contributed by atoms with van der Waals surface area (Å²) in [4.78, 5) is 11.6. The van der Waals surface area contributed by atoms with Gasteiger partial charge in [-0.05, 0) is 86.9 Å². The highest BCUT2D eigenvalue weighted by molar-refractivity contribution is 5.81. The van der Waals surface area contributed by atoms with Gasteiger partial charge < -0.3 is 14.9 Å². The maximum atomic E-state index is 12.0. The molecule has 0 aromatic heterocycles. The van der Waals surface area contributed by atoms with Gasteiger partial charge >= 0.3 is 5.97 Å². The number of hydrogen-bond donors (Lipinski definition) is 2. The fraction of sp³-hybridized carbons (Fsp3) is 0.870. The molecular weight excluding hydrogens is 340 g/mol.